The zero-order valence-corrected chi connectivity index (χ0v) is 13.3. The number of nitriles is 1. The van der Waals surface area contributed by atoms with Crippen molar-refractivity contribution in [2.24, 2.45) is 0 Å². The van der Waals surface area contributed by atoms with Gasteiger partial charge in [0, 0.05) is 17.3 Å². The summed E-state index contributed by atoms with van der Waals surface area (Å²) in [5.74, 6) is -1.79. The van der Waals surface area contributed by atoms with Crippen LogP contribution in [0, 0.1) is 21.4 Å². The van der Waals surface area contributed by atoms with Crippen LogP contribution in [-0.2, 0) is 11.0 Å². The molecule has 0 saturated carbocycles. The predicted molar refractivity (Wildman–Crippen MR) is 88.4 cm³/mol. The Labute approximate surface area is 150 Å². The molecule has 2 N–H and O–H groups in total. The Hall–Kier alpha value is -3.87. The standard InChI is InChI=1S/C17H10F3N3O4/c18-17(19,20)12-4-2-5-13(8-12)22-16(25)11(9-21)7-10-3-1-6-14(15(10)24)23(26)27/h1-8,24H,(H,22,25)/b11-7-. The number of nitro benzene ring substituents is 1. The molecule has 0 aliphatic rings. The van der Waals surface area contributed by atoms with Crippen molar-refractivity contribution in [3.63, 3.8) is 0 Å². The summed E-state index contributed by atoms with van der Waals surface area (Å²) in [6.07, 6.45) is -3.71. The second-order valence-electron chi connectivity index (χ2n) is 5.17. The molecule has 0 aliphatic carbocycles. The Morgan fingerprint density at radius 2 is 1.93 bits per heavy atom. The van der Waals surface area contributed by atoms with Crippen molar-refractivity contribution in [3.05, 3.63) is 69.3 Å². The maximum atomic E-state index is 12.7. The first-order valence-corrected chi connectivity index (χ1v) is 7.20. The van der Waals surface area contributed by atoms with Gasteiger partial charge in [0.05, 0.1) is 10.5 Å². The molecule has 0 radical (unpaired) electrons. The molecule has 0 saturated heterocycles. The van der Waals surface area contributed by atoms with Crippen molar-refractivity contribution < 1.29 is 28.0 Å². The second kappa shape index (κ2) is 7.57. The third-order valence-corrected chi connectivity index (χ3v) is 3.36. The summed E-state index contributed by atoms with van der Waals surface area (Å²) in [6.45, 7) is 0. The van der Waals surface area contributed by atoms with Gasteiger partial charge < -0.3 is 10.4 Å². The van der Waals surface area contributed by atoms with Gasteiger partial charge in [0.1, 0.15) is 11.6 Å². The first-order valence-electron chi connectivity index (χ1n) is 7.20. The molecule has 7 nitrogen and oxygen atoms in total. The van der Waals surface area contributed by atoms with Crippen LogP contribution in [0.2, 0.25) is 0 Å². The minimum Gasteiger partial charge on any atom is -0.502 e. The number of amides is 1. The molecule has 0 atom stereocenters. The first kappa shape index (κ1) is 19.5. The average Bonchev–Trinajstić information content (AvgIpc) is 2.60. The largest absolute Gasteiger partial charge is 0.502 e. The fourth-order valence-corrected chi connectivity index (χ4v) is 2.09. The number of phenolic OH excluding ortho intramolecular Hbond substituents is 1. The number of phenols is 1. The Kier molecular flexibility index (Phi) is 5.45. The number of carbonyl (C=O) groups excluding carboxylic acids is 1. The summed E-state index contributed by atoms with van der Waals surface area (Å²) < 4.78 is 38.1. The number of hydrogen-bond acceptors (Lipinski definition) is 5. The zero-order valence-electron chi connectivity index (χ0n) is 13.3. The van der Waals surface area contributed by atoms with E-state index in [1.165, 1.54) is 24.3 Å². The molecule has 2 aromatic carbocycles. The number of para-hydroxylation sites is 1. The van der Waals surface area contributed by atoms with Crippen LogP contribution in [0.15, 0.2) is 48.0 Å². The Balaban J connectivity index is 2.33. The van der Waals surface area contributed by atoms with Gasteiger partial charge in [-0.05, 0) is 24.3 Å². The second-order valence-corrected chi connectivity index (χ2v) is 5.17. The lowest BCUT2D eigenvalue weighted by Crippen LogP contribution is -2.14. The van der Waals surface area contributed by atoms with Gasteiger partial charge in [0.2, 0.25) is 5.75 Å². The molecule has 0 spiro atoms. The van der Waals surface area contributed by atoms with Crippen LogP contribution in [0.4, 0.5) is 24.5 Å². The summed E-state index contributed by atoms with van der Waals surface area (Å²) in [5.41, 5.74) is -2.54. The van der Waals surface area contributed by atoms with Crippen molar-refractivity contribution in [1.82, 2.24) is 0 Å². The van der Waals surface area contributed by atoms with E-state index in [0.717, 1.165) is 24.3 Å². The molecule has 10 heteroatoms. The summed E-state index contributed by atoms with van der Waals surface area (Å²) in [7, 11) is 0. The molecular weight excluding hydrogens is 367 g/mol. The number of anilines is 1. The highest BCUT2D eigenvalue weighted by Gasteiger charge is 2.30. The topological polar surface area (TPSA) is 116 Å². The number of nitrogens with zero attached hydrogens (tertiary/aromatic N) is 2. The van der Waals surface area contributed by atoms with Gasteiger partial charge in [-0.25, -0.2) is 0 Å². The molecule has 0 aromatic heterocycles. The number of aromatic hydroxyl groups is 1. The highest BCUT2D eigenvalue weighted by atomic mass is 19.4. The molecule has 0 unspecified atom stereocenters. The monoisotopic (exact) mass is 377 g/mol. The van der Waals surface area contributed by atoms with Crippen LogP contribution in [0.3, 0.4) is 0 Å². The molecule has 138 valence electrons. The Morgan fingerprint density at radius 3 is 2.52 bits per heavy atom. The molecular formula is C17H10F3N3O4. The van der Waals surface area contributed by atoms with E-state index in [0.29, 0.717) is 6.07 Å². The van der Waals surface area contributed by atoms with Crippen molar-refractivity contribution in [1.29, 1.82) is 5.26 Å². The van der Waals surface area contributed by atoms with E-state index in [9.17, 15) is 33.2 Å². The van der Waals surface area contributed by atoms with Crippen molar-refractivity contribution >= 4 is 23.4 Å². The number of rotatable bonds is 4. The number of hydrogen-bond donors (Lipinski definition) is 2. The summed E-state index contributed by atoms with van der Waals surface area (Å²) >= 11 is 0. The van der Waals surface area contributed by atoms with Gasteiger partial charge in [-0.15, -0.1) is 0 Å². The molecule has 2 aromatic rings. The SMILES string of the molecule is N#C/C(=C/c1cccc([N+](=O)[O-])c1O)C(=O)Nc1cccc(C(F)(F)F)c1. The normalized spacial score (nSPS) is 11.6. The summed E-state index contributed by atoms with van der Waals surface area (Å²) in [6, 6.07) is 8.83. The number of carbonyl (C=O) groups is 1. The van der Waals surface area contributed by atoms with Gasteiger partial charge in [0.15, 0.2) is 0 Å². The van der Waals surface area contributed by atoms with E-state index in [2.05, 4.69) is 5.32 Å². The Bertz CT molecular complexity index is 978. The number of alkyl halides is 3. The maximum absolute atomic E-state index is 12.7. The van der Waals surface area contributed by atoms with E-state index >= 15 is 0 Å². The van der Waals surface area contributed by atoms with E-state index in [-0.39, 0.29) is 11.3 Å². The number of halogens is 3. The van der Waals surface area contributed by atoms with Crippen LogP contribution in [-0.4, -0.2) is 15.9 Å². The van der Waals surface area contributed by atoms with E-state index in [4.69, 9.17) is 5.26 Å². The molecule has 0 fully saturated rings. The minimum absolute atomic E-state index is 0.167. The molecule has 1 amide bonds. The van der Waals surface area contributed by atoms with Crippen LogP contribution in [0.5, 0.6) is 5.75 Å². The Morgan fingerprint density at radius 1 is 1.26 bits per heavy atom. The molecule has 27 heavy (non-hydrogen) atoms. The van der Waals surface area contributed by atoms with Gasteiger partial charge in [-0.2, -0.15) is 18.4 Å². The quantitative estimate of drug-likeness (QED) is 0.363. The predicted octanol–water partition coefficient (Wildman–Crippen LogP) is 3.86. The number of nitrogens with one attached hydrogen (secondary N) is 1. The maximum Gasteiger partial charge on any atom is 0.416 e. The third kappa shape index (κ3) is 4.60. The van der Waals surface area contributed by atoms with Crippen molar-refractivity contribution in [2.75, 3.05) is 5.32 Å². The fraction of sp³-hybridized carbons (Fsp3) is 0.0588. The van der Waals surface area contributed by atoms with Crippen LogP contribution < -0.4 is 5.32 Å². The molecule has 2 rings (SSSR count). The smallest absolute Gasteiger partial charge is 0.416 e. The zero-order chi connectivity index (χ0) is 20.2. The highest BCUT2D eigenvalue weighted by molar-refractivity contribution is 6.09. The van der Waals surface area contributed by atoms with Crippen LogP contribution in [0.25, 0.3) is 6.08 Å². The van der Waals surface area contributed by atoms with E-state index in [1.807, 2.05) is 0 Å². The van der Waals surface area contributed by atoms with Gasteiger partial charge in [-0.3, -0.25) is 14.9 Å². The average molecular weight is 377 g/mol. The molecule has 0 heterocycles. The van der Waals surface area contributed by atoms with Crippen LogP contribution >= 0.6 is 0 Å². The minimum atomic E-state index is -4.61. The third-order valence-electron chi connectivity index (χ3n) is 3.36. The van der Waals surface area contributed by atoms with Crippen molar-refractivity contribution in [2.45, 2.75) is 6.18 Å². The lowest BCUT2D eigenvalue weighted by Gasteiger charge is -2.09. The summed E-state index contributed by atoms with van der Waals surface area (Å²) in [4.78, 5) is 22.1. The lowest BCUT2D eigenvalue weighted by molar-refractivity contribution is -0.385. The number of benzene rings is 2. The van der Waals surface area contributed by atoms with Crippen molar-refractivity contribution in [3.8, 4) is 11.8 Å². The first-order chi connectivity index (χ1) is 12.6. The van der Waals surface area contributed by atoms with Gasteiger partial charge >= 0.3 is 11.9 Å². The highest BCUT2D eigenvalue weighted by Crippen LogP contribution is 2.32. The van der Waals surface area contributed by atoms with Gasteiger partial charge in [-0.1, -0.05) is 18.2 Å². The van der Waals surface area contributed by atoms with Gasteiger partial charge in [0.25, 0.3) is 5.91 Å². The van der Waals surface area contributed by atoms with E-state index < -0.39 is 39.6 Å². The lowest BCUT2D eigenvalue weighted by atomic mass is 10.1. The summed E-state index contributed by atoms with van der Waals surface area (Å²) in [5, 5.41) is 31.9. The fourth-order valence-electron chi connectivity index (χ4n) is 2.09. The number of nitro groups is 1. The van der Waals surface area contributed by atoms with Crippen LogP contribution in [0.1, 0.15) is 11.1 Å². The van der Waals surface area contributed by atoms with E-state index in [1.54, 1.807) is 0 Å². The molecule has 0 bridgehead atoms. The molecule has 0 aliphatic heterocycles.